The molecule has 0 bridgehead atoms. The third-order valence-corrected chi connectivity index (χ3v) is 3.47. The number of hydrogen-bond acceptors (Lipinski definition) is 4. The van der Waals surface area contributed by atoms with Crippen molar-refractivity contribution in [2.24, 2.45) is 9.98 Å². The second-order valence-corrected chi connectivity index (χ2v) is 5.17. The molecule has 0 aliphatic carbocycles. The van der Waals surface area contributed by atoms with Crippen molar-refractivity contribution in [1.29, 1.82) is 0 Å². The van der Waals surface area contributed by atoms with Crippen molar-refractivity contribution in [3.8, 4) is 0 Å². The Kier molecular flexibility index (Phi) is 5.83. The lowest BCUT2D eigenvalue weighted by molar-refractivity contribution is 0.396. The van der Waals surface area contributed by atoms with Crippen LogP contribution in [0.15, 0.2) is 57.1 Å². The zero-order valence-electron chi connectivity index (χ0n) is 12.9. The molecular formula is C17H18BrN3O. The Hall–Kier alpha value is -2.01. The van der Waals surface area contributed by atoms with Gasteiger partial charge in [0.25, 0.3) is 0 Å². The molecule has 0 radical (unpaired) electrons. The smallest absolute Gasteiger partial charge is 0.210 e. The van der Waals surface area contributed by atoms with Crippen LogP contribution in [0.25, 0.3) is 0 Å². The number of rotatable bonds is 1. The van der Waals surface area contributed by atoms with Crippen molar-refractivity contribution in [2.75, 3.05) is 13.7 Å². The first-order chi connectivity index (χ1) is 10.8. The van der Waals surface area contributed by atoms with Crippen molar-refractivity contribution in [3.63, 3.8) is 0 Å². The van der Waals surface area contributed by atoms with Gasteiger partial charge in [0.1, 0.15) is 6.54 Å². The maximum atomic E-state index is 5.25. The standard InChI is InChI=1S/C15H12BrN3O.C2H6/c1-20-14-9-18-15(13-4-2-3-7-17-13)11-8-10(16)5-6-12(11)19-14;1-2/h2-8H,9H2,1H3;1-2H3. The number of nitrogens with zero attached hydrogens (tertiary/aromatic N) is 3. The lowest BCUT2D eigenvalue weighted by atomic mass is 10.0. The molecule has 0 saturated carbocycles. The lowest BCUT2D eigenvalue weighted by Gasteiger charge is -2.07. The molecule has 0 amide bonds. The van der Waals surface area contributed by atoms with Gasteiger partial charge >= 0.3 is 0 Å². The predicted molar refractivity (Wildman–Crippen MR) is 94.3 cm³/mol. The van der Waals surface area contributed by atoms with Crippen molar-refractivity contribution >= 4 is 33.2 Å². The summed E-state index contributed by atoms with van der Waals surface area (Å²) in [4.78, 5) is 13.5. The fraction of sp³-hybridized carbons (Fsp3) is 0.235. The first kappa shape index (κ1) is 16.4. The number of methoxy groups -OCH3 is 1. The molecule has 0 spiro atoms. The second kappa shape index (κ2) is 7.84. The zero-order chi connectivity index (χ0) is 15.9. The molecule has 0 saturated heterocycles. The van der Waals surface area contributed by atoms with Crippen molar-refractivity contribution < 1.29 is 4.74 Å². The van der Waals surface area contributed by atoms with Gasteiger partial charge in [-0.1, -0.05) is 35.8 Å². The maximum absolute atomic E-state index is 5.25. The maximum Gasteiger partial charge on any atom is 0.210 e. The molecule has 4 nitrogen and oxygen atoms in total. The first-order valence-corrected chi connectivity index (χ1v) is 7.94. The molecule has 114 valence electrons. The molecule has 1 aromatic heterocycles. The summed E-state index contributed by atoms with van der Waals surface area (Å²) in [6.45, 7) is 4.41. The van der Waals surface area contributed by atoms with E-state index in [4.69, 9.17) is 4.74 Å². The highest BCUT2D eigenvalue weighted by Crippen LogP contribution is 2.28. The summed E-state index contributed by atoms with van der Waals surface area (Å²) < 4.78 is 6.24. The molecule has 5 heteroatoms. The summed E-state index contributed by atoms with van der Waals surface area (Å²) in [5.74, 6) is 0.597. The minimum Gasteiger partial charge on any atom is -0.483 e. The van der Waals surface area contributed by atoms with Gasteiger partial charge in [0.05, 0.1) is 24.2 Å². The van der Waals surface area contributed by atoms with Crippen LogP contribution in [0.2, 0.25) is 0 Å². The second-order valence-electron chi connectivity index (χ2n) is 4.25. The minimum absolute atomic E-state index is 0.411. The number of halogens is 1. The number of aromatic nitrogens is 1. The van der Waals surface area contributed by atoms with Gasteiger partial charge in [-0.2, -0.15) is 0 Å². The molecular weight excluding hydrogens is 342 g/mol. The van der Waals surface area contributed by atoms with Gasteiger partial charge in [-0.05, 0) is 30.3 Å². The molecule has 3 rings (SSSR count). The van der Waals surface area contributed by atoms with Crippen molar-refractivity contribution in [2.45, 2.75) is 13.8 Å². The van der Waals surface area contributed by atoms with E-state index in [0.29, 0.717) is 12.4 Å². The largest absolute Gasteiger partial charge is 0.483 e. The van der Waals surface area contributed by atoms with E-state index in [-0.39, 0.29) is 0 Å². The van der Waals surface area contributed by atoms with E-state index in [0.717, 1.165) is 27.1 Å². The third kappa shape index (κ3) is 3.60. The fourth-order valence-electron chi connectivity index (χ4n) is 2.03. The Bertz CT molecular complexity index is 696. The number of fused-ring (bicyclic) bond motifs is 1. The number of pyridine rings is 1. The summed E-state index contributed by atoms with van der Waals surface area (Å²) in [5, 5.41) is 0. The summed E-state index contributed by atoms with van der Waals surface area (Å²) in [7, 11) is 1.61. The van der Waals surface area contributed by atoms with Gasteiger partial charge in [-0.15, -0.1) is 0 Å². The first-order valence-electron chi connectivity index (χ1n) is 7.15. The van der Waals surface area contributed by atoms with E-state index in [1.807, 2.05) is 50.2 Å². The quantitative estimate of drug-likeness (QED) is 0.757. The monoisotopic (exact) mass is 359 g/mol. The van der Waals surface area contributed by atoms with Gasteiger partial charge in [0.2, 0.25) is 5.90 Å². The van der Waals surface area contributed by atoms with Crippen LogP contribution in [-0.4, -0.2) is 30.2 Å². The number of benzene rings is 1. The highest BCUT2D eigenvalue weighted by atomic mass is 79.9. The van der Waals surface area contributed by atoms with Crippen LogP contribution in [0.4, 0.5) is 5.69 Å². The van der Waals surface area contributed by atoms with Gasteiger partial charge in [-0.25, -0.2) is 4.99 Å². The molecule has 2 heterocycles. The number of ether oxygens (including phenoxy) is 1. The highest BCUT2D eigenvalue weighted by Gasteiger charge is 2.17. The van der Waals surface area contributed by atoms with Crippen LogP contribution in [0.1, 0.15) is 25.1 Å². The highest BCUT2D eigenvalue weighted by molar-refractivity contribution is 9.10. The van der Waals surface area contributed by atoms with Crippen LogP contribution in [0, 0.1) is 0 Å². The SMILES string of the molecule is CC.COC1=Nc2ccc(Br)cc2C(c2ccccn2)=NC1. The van der Waals surface area contributed by atoms with Gasteiger partial charge in [0.15, 0.2) is 0 Å². The predicted octanol–water partition coefficient (Wildman–Crippen LogP) is 4.40. The average molecular weight is 360 g/mol. The molecule has 0 fully saturated rings. The van der Waals surface area contributed by atoms with E-state index in [1.165, 1.54) is 0 Å². The van der Waals surface area contributed by atoms with Crippen LogP contribution < -0.4 is 0 Å². The molecule has 22 heavy (non-hydrogen) atoms. The van der Waals surface area contributed by atoms with Gasteiger partial charge in [-0.3, -0.25) is 9.98 Å². The molecule has 2 aromatic rings. The Morgan fingerprint density at radius 3 is 2.64 bits per heavy atom. The summed E-state index contributed by atoms with van der Waals surface area (Å²) in [6.07, 6.45) is 1.76. The Morgan fingerprint density at radius 2 is 1.95 bits per heavy atom. The Morgan fingerprint density at radius 1 is 1.14 bits per heavy atom. The topological polar surface area (TPSA) is 46.8 Å². The van der Waals surface area contributed by atoms with Gasteiger partial charge in [0, 0.05) is 16.2 Å². The van der Waals surface area contributed by atoms with E-state index >= 15 is 0 Å². The molecule has 0 unspecified atom stereocenters. The Balaban J connectivity index is 0.000000847. The number of aliphatic imine (C=N–C) groups is 2. The van der Waals surface area contributed by atoms with Crippen LogP contribution >= 0.6 is 15.9 Å². The fourth-order valence-corrected chi connectivity index (χ4v) is 2.39. The zero-order valence-corrected chi connectivity index (χ0v) is 14.5. The van der Waals surface area contributed by atoms with Crippen LogP contribution in [0.3, 0.4) is 0 Å². The molecule has 1 aliphatic rings. The minimum atomic E-state index is 0.411. The third-order valence-electron chi connectivity index (χ3n) is 2.97. The van der Waals surface area contributed by atoms with Crippen molar-refractivity contribution in [3.05, 3.63) is 58.3 Å². The van der Waals surface area contributed by atoms with Crippen molar-refractivity contribution in [1.82, 2.24) is 4.98 Å². The average Bonchev–Trinajstić information content (AvgIpc) is 2.76. The van der Waals surface area contributed by atoms with E-state index in [9.17, 15) is 0 Å². The van der Waals surface area contributed by atoms with E-state index in [1.54, 1.807) is 13.3 Å². The molecule has 1 aliphatic heterocycles. The number of hydrogen-bond donors (Lipinski definition) is 0. The van der Waals surface area contributed by atoms with Crippen LogP contribution in [-0.2, 0) is 4.74 Å². The molecule has 0 N–H and O–H groups in total. The molecule has 0 atom stereocenters. The Labute approximate surface area is 139 Å². The summed E-state index contributed by atoms with van der Waals surface area (Å²) in [6, 6.07) is 11.7. The van der Waals surface area contributed by atoms with Crippen LogP contribution in [0.5, 0.6) is 0 Å². The lowest BCUT2D eigenvalue weighted by Crippen LogP contribution is -2.08. The molecule has 1 aromatic carbocycles. The van der Waals surface area contributed by atoms with E-state index < -0.39 is 0 Å². The van der Waals surface area contributed by atoms with Gasteiger partial charge < -0.3 is 4.74 Å². The summed E-state index contributed by atoms with van der Waals surface area (Å²) in [5.41, 5.74) is 3.45. The summed E-state index contributed by atoms with van der Waals surface area (Å²) >= 11 is 3.49. The normalized spacial score (nSPS) is 12.9. The van der Waals surface area contributed by atoms with E-state index in [2.05, 4.69) is 30.9 Å².